The van der Waals surface area contributed by atoms with Crippen molar-refractivity contribution in [3.8, 4) is 5.75 Å². The van der Waals surface area contributed by atoms with Gasteiger partial charge in [0.2, 0.25) is 0 Å². The number of phenolic OH excluding ortho intramolecular Hbond substituents is 1. The van der Waals surface area contributed by atoms with Gasteiger partial charge in [0.1, 0.15) is 23.3 Å². The number of aromatic nitrogens is 4. The summed E-state index contributed by atoms with van der Waals surface area (Å²) >= 11 is 0. The lowest BCUT2D eigenvalue weighted by Gasteiger charge is -2.28. The molecule has 0 aliphatic heterocycles. The normalized spacial score (nSPS) is 12.0. The van der Waals surface area contributed by atoms with E-state index in [1.807, 2.05) is 0 Å². The number of ether oxygens (including phenoxy) is 2. The highest BCUT2D eigenvalue weighted by Gasteiger charge is 2.35. The topological polar surface area (TPSA) is 120 Å². The van der Waals surface area contributed by atoms with Crippen LogP contribution in [0, 0.1) is 11.6 Å². The van der Waals surface area contributed by atoms with Gasteiger partial charge in [0.05, 0.1) is 18.4 Å². The van der Waals surface area contributed by atoms with Crippen LogP contribution in [-0.4, -0.2) is 48.0 Å². The molecule has 0 saturated heterocycles. The Hall–Kier alpha value is -3.83. The molecule has 0 spiro atoms. The summed E-state index contributed by atoms with van der Waals surface area (Å²) in [6.45, 7) is 9.43. The highest BCUT2D eigenvalue weighted by Crippen LogP contribution is 2.28. The molecule has 182 valence electrons. The minimum absolute atomic E-state index is 0.00415. The number of hydrogen-bond acceptors (Lipinski definition) is 8. The third-order valence-corrected chi connectivity index (χ3v) is 4.25. The van der Waals surface area contributed by atoms with Gasteiger partial charge >= 0.3 is 12.2 Å². The fourth-order valence-corrected chi connectivity index (χ4v) is 2.91. The predicted octanol–water partition coefficient (Wildman–Crippen LogP) is 4.54. The SMILES string of the molecule is CC(C)(C)OC(=O)N(C(=O)OC(C)(C)C)c1ncnc2c1ncn2Cc1c(O)ccc(F)c1F. The molecule has 0 bridgehead atoms. The van der Waals surface area contributed by atoms with Gasteiger partial charge in [-0.25, -0.2) is 33.3 Å². The van der Waals surface area contributed by atoms with Crippen LogP contribution in [0.3, 0.4) is 0 Å². The van der Waals surface area contributed by atoms with Gasteiger partial charge in [0.15, 0.2) is 28.6 Å². The number of carbonyl (C=O) groups excluding carboxylic acids is 2. The molecule has 1 aromatic carbocycles. The van der Waals surface area contributed by atoms with E-state index in [1.165, 1.54) is 10.9 Å². The molecule has 0 unspecified atom stereocenters. The second-order valence-corrected chi connectivity index (χ2v) is 9.40. The third-order valence-electron chi connectivity index (χ3n) is 4.25. The van der Waals surface area contributed by atoms with Gasteiger partial charge in [0, 0.05) is 0 Å². The molecule has 2 heterocycles. The van der Waals surface area contributed by atoms with Crippen molar-refractivity contribution in [3.05, 3.63) is 42.0 Å². The van der Waals surface area contributed by atoms with Crippen LogP contribution in [0.15, 0.2) is 24.8 Å². The predicted molar refractivity (Wildman–Crippen MR) is 117 cm³/mol. The molecule has 0 aliphatic carbocycles. The van der Waals surface area contributed by atoms with Crippen LogP contribution in [0.1, 0.15) is 47.1 Å². The monoisotopic (exact) mass is 477 g/mol. The summed E-state index contributed by atoms with van der Waals surface area (Å²) in [6.07, 6.45) is 0.198. The minimum atomic E-state index is -1.22. The number of amides is 2. The molecule has 2 amide bonds. The molecular formula is C22H25F2N5O5. The average Bonchev–Trinajstić information content (AvgIpc) is 3.09. The van der Waals surface area contributed by atoms with Crippen molar-refractivity contribution in [2.75, 3.05) is 4.90 Å². The largest absolute Gasteiger partial charge is 0.507 e. The Morgan fingerprint density at radius 3 is 2.15 bits per heavy atom. The zero-order chi connectivity index (χ0) is 25.4. The van der Waals surface area contributed by atoms with Crippen molar-refractivity contribution in [1.82, 2.24) is 19.5 Å². The van der Waals surface area contributed by atoms with Crippen LogP contribution < -0.4 is 4.90 Å². The first-order chi connectivity index (χ1) is 15.7. The molecule has 34 heavy (non-hydrogen) atoms. The molecule has 10 nitrogen and oxygen atoms in total. The fraction of sp³-hybridized carbons (Fsp3) is 0.409. The summed E-state index contributed by atoms with van der Waals surface area (Å²) in [6, 6.07) is 1.83. The molecule has 0 aliphatic rings. The second kappa shape index (κ2) is 8.84. The molecule has 2 aromatic heterocycles. The van der Waals surface area contributed by atoms with Crippen molar-refractivity contribution in [1.29, 1.82) is 0 Å². The maximum Gasteiger partial charge on any atom is 0.425 e. The molecule has 3 rings (SSSR count). The van der Waals surface area contributed by atoms with E-state index >= 15 is 0 Å². The number of benzene rings is 1. The van der Waals surface area contributed by atoms with Crippen molar-refractivity contribution in [2.45, 2.75) is 59.3 Å². The average molecular weight is 477 g/mol. The number of aromatic hydroxyl groups is 1. The van der Waals surface area contributed by atoms with Gasteiger partial charge in [-0.2, -0.15) is 4.90 Å². The van der Waals surface area contributed by atoms with Gasteiger partial charge < -0.3 is 19.1 Å². The second-order valence-electron chi connectivity index (χ2n) is 9.40. The maximum absolute atomic E-state index is 14.3. The van der Waals surface area contributed by atoms with Crippen LogP contribution in [0.25, 0.3) is 11.2 Å². The number of imidazole rings is 1. The van der Waals surface area contributed by atoms with Gasteiger partial charge in [-0.3, -0.25) is 0 Å². The van der Waals surface area contributed by atoms with Crippen molar-refractivity contribution in [3.63, 3.8) is 0 Å². The Labute approximate surface area is 194 Å². The van der Waals surface area contributed by atoms with Gasteiger partial charge in [-0.05, 0) is 53.7 Å². The summed E-state index contributed by atoms with van der Waals surface area (Å²) in [5.74, 6) is -3.04. The highest BCUT2D eigenvalue weighted by atomic mass is 19.2. The lowest BCUT2D eigenvalue weighted by molar-refractivity contribution is 0.0429. The van der Waals surface area contributed by atoms with Gasteiger partial charge in [0.25, 0.3) is 0 Å². The van der Waals surface area contributed by atoms with Crippen LogP contribution in [-0.2, 0) is 16.0 Å². The minimum Gasteiger partial charge on any atom is -0.507 e. The lowest BCUT2D eigenvalue weighted by atomic mass is 10.2. The Kier molecular flexibility index (Phi) is 6.45. The zero-order valence-corrected chi connectivity index (χ0v) is 19.6. The number of nitrogens with zero attached hydrogens (tertiary/aromatic N) is 5. The molecule has 0 radical (unpaired) electrons. The lowest BCUT2D eigenvalue weighted by Crippen LogP contribution is -2.44. The zero-order valence-electron chi connectivity index (χ0n) is 19.6. The smallest absolute Gasteiger partial charge is 0.425 e. The van der Waals surface area contributed by atoms with E-state index in [2.05, 4.69) is 15.0 Å². The standard InChI is InChI=1S/C22H25F2N5O5/c1-21(2,3)33-19(31)29(20(32)34-22(4,5)6)18-16-17(25-10-26-18)28(11-27-16)9-12-14(30)8-7-13(23)15(12)24/h7-8,10-11,30H,9H2,1-6H3. The van der Waals surface area contributed by atoms with E-state index < -0.39 is 40.8 Å². The molecule has 1 N–H and O–H groups in total. The number of rotatable bonds is 3. The van der Waals surface area contributed by atoms with Gasteiger partial charge in [-0.1, -0.05) is 0 Å². The van der Waals surface area contributed by atoms with E-state index in [0.717, 1.165) is 18.5 Å². The van der Waals surface area contributed by atoms with Crippen LogP contribution in [0.4, 0.5) is 24.2 Å². The van der Waals surface area contributed by atoms with Crippen molar-refractivity contribution < 1.29 is 33.0 Å². The molecular weight excluding hydrogens is 452 g/mol. The summed E-state index contributed by atoms with van der Waals surface area (Å²) in [5, 5.41) is 9.99. The van der Waals surface area contributed by atoms with Crippen LogP contribution in [0.5, 0.6) is 5.75 Å². The number of halogens is 2. The molecule has 0 saturated carbocycles. The highest BCUT2D eigenvalue weighted by molar-refractivity contribution is 6.12. The third kappa shape index (κ3) is 5.38. The Morgan fingerprint density at radius 2 is 1.59 bits per heavy atom. The summed E-state index contributed by atoms with van der Waals surface area (Å²) in [7, 11) is 0. The Balaban J connectivity index is 2.09. The van der Waals surface area contributed by atoms with Gasteiger partial charge in [-0.15, -0.1) is 0 Å². The number of anilines is 1. The molecule has 3 aromatic rings. The molecule has 0 fully saturated rings. The van der Waals surface area contributed by atoms with E-state index in [1.54, 1.807) is 41.5 Å². The number of carbonyl (C=O) groups is 2. The van der Waals surface area contributed by atoms with Crippen molar-refractivity contribution >= 4 is 29.2 Å². The first-order valence-electron chi connectivity index (χ1n) is 10.3. The molecule has 12 heteroatoms. The Morgan fingerprint density at radius 1 is 1.00 bits per heavy atom. The Bertz CT molecular complexity index is 1220. The first kappa shape index (κ1) is 24.8. The quantitative estimate of drug-likeness (QED) is 0.584. The number of hydrogen-bond donors (Lipinski definition) is 1. The van der Waals surface area contributed by atoms with Crippen molar-refractivity contribution in [2.24, 2.45) is 0 Å². The number of imide groups is 1. The summed E-state index contributed by atoms with van der Waals surface area (Å²) in [4.78, 5) is 38.8. The summed E-state index contributed by atoms with van der Waals surface area (Å²) in [5.41, 5.74) is -2.11. The molecule has 0 atom stereocenters. The van der Waals surface area contributed by atoms with Crippen LogP contribution in [0.2, 0.25) is 0 Å². The summed E-state index contributed by atoms with van der Waals surface area (Å²) < 4.78 is 39.9. The first-order valence-corrected chi connectivity index (χ1v) is 10.3. The van der Waals surface area contributed by atoms with E-state index in [-0.39, 0.29) is 29.1 Å². The van der Waals surface area contributed by atoms with E-state index in [0.29, 0.717) is 4.90 Å². The number of phenols is 1. The number of fused-ring (bicyclic) bond motifs is 1. The fourth-order valence-electron chi connectivity index (χ4n) is 2.91. The van der Waals surface area contributed by atoms with E-state index in [9.17, 15) is 23.5 Å². The van der Waals surface area contributed by atoms with Crippen LogP contribution >= 0.6 is 0 Å². The maximum atomic E-state index is 14.3. The van der Waals surface area contributed by atoms with E-state index in [4.69, 9.17) is 9.47 Å².